The lowest BCUT2D eigenvalue weighted by Gasteiger charge is -2.34. The van der Waals surface area contributed by atoms with Crippen LogP contribution in [-0.4, -0.2) is 47.0 Å². The Morgan fingerprint density at radius 1 is 1.35 bits per heavy atom. The fraction of sp³-hybridized carbons (Fsp3) is 0.786. The number of hydrogen-bond acceptors (Lipinski definition) is 5. The van der Waals surface area contributed by atoms with Crippen LogP contribution in [0, 0.1) is 5.92 Å². The number of Topliss-reactive ketones (excluding diaryl/α,β-unsaturated/α-hetero) is 1. The first kappa shape index (κ1) is 14.8. The number of fused-ring (bicyclic) bond motifs is 2. The number of hydrogen-bond donors (Lipinski definition) is 0. The third-order valence-corrected chi connectivity index (χ3v) is 3.58. The summed E-state index contributed by atoms with van der Waals surface area (Å²) < 4.78 is 10.3. The quantitative estimate of drug-likeness (QED) is 0.718. The van der Waals surface area contributed by atoms with E-state index in [0.29, 0.717) is 12.8 Å². The van der Waals surface area contributed by atoms with Gasteiger partial charge in [0.15, 0.2) is 0 Å². The molecule has 1 saturated carbocycles. The maximum Gasteiger partial charge on any atom is 0.411 e. The number of carbonyl (C=O) groups excluding carboxylic acids is 3. The van der Waals surface area contributed by atoms with Crippen molar-refractivity contribution >= 4 is 17.8 Å². The Kier molecular flexibility index (Phi) is 3.75. The van der Waals surface area contributed by atoms with Crippen molar-refractivity contribution in [3.05, 3.63) is 0 Å². The molecule has 1 heterocycles. The van der Waals surface area contributed by atoms with E-state index in [0.717, 1.165) is 0 Å². The molecule has 2 rings (SSSR count). The summed E-state index contributed by atoms with van der Waals surface area (Å²) in [4.78, 5) is 37.5. The Morgan fingerprint density at radius 2 is 2.00 bits per heavy atom. The molecule has 0 N–H and O–H groups in total. The second-order valence-corrected chi connectivity index (χ2v) is 6.25. The van der Waals surface area contributed by atoms with Crippen molar-refractivity contribution in [1.82, 2.24) is 4.90 Å². The minimum atomic E-state index is -0.823. The van der Waals surface area contributed by atoms with Crippen LogP contribution in [0.15, 0.2) is 0 Å². The summed E-state index contributed by atoms with van der Waals surface area (Å²) in [6, 6.07) is -1.06. The fourth-order valence-electron chi connectivity index (χ4n) is 2.91. The summed E-state index contributed by atoms with van der Waals surface area (Å²) >= 11 is 0. The van der Waals surface area contributed by atoms with E-state index in [4.69, 9.17) is 9.47 Å². The van der Waals surface area contributed by atoms with Crippen LogP contribution in [-0.2, 0) is 19.1 Å². The standard InChI is InChI=1S/C14H21NO5/c1-5-19-12(17)11-9-6-8(7-10(9)16)15(11)13(18)20-14(2,3)4/h8-9,11H,5-7H2,1-4H3. The lowest BCUT2D eigenvalue weighted by molar-refractivity contribution is -0.153. The number of ether oxygens (including phenoxy) is 2. The second-order valence-electron chi connectivity index (χ2n) is 6.25. The van der Waals surface area contributed by atoms with Gasteiger partial charge in [0.2, 0.25) is 0 Å². The van der Waals surface area contributed by atoms with E-state index in [2.05, 4.69) is 0 Å². The minimum Gasteiger partial charge on any atom is -0.464 e. The van der Waals surface area contributed by atoms with E-state index in [1.165, 1.54) is 4.90 Å². The number of nitrogens with zero attached hydrogens (tertiary/aromatic N) is 1. The van der Waals surface area contributed by atoms with Crippen molar-refractivity contribution < 1.29 is 23.9 Å². The highest BCUT2D eigenvalue weighted by molar-refractivity contribution is 5.95. The third-order valence-electron chi connectivity index (χ3n) is 3.58. The Morgan fingerprint density at radius 3 is 2.55 bits per heavy atom. The number of carbonyl (C=O) groups is 3. The molecular weight excluding hydrogens is 262 g/mol. The molecule has 20 heavy (non-hydrogen) atoms. The van der Waals surface area contributed by atoms with Gasteiger partial charge in [0.05, 0.1) is 12.5 Å². The van der Waals surface area contributed by atoms with Crippen LogP contribution < -0.4 is 0 Å². The molecular formula is C14H21NO5. The zero-order chi connectivity index (χ0) is 15.1. The topological polar surface area (TPSA) is 72.9 Å². The van der Waals surface area contributed by atoms with Gasteiger partial charge < -0.3 is 9.47 Å². The summed E-state index contributed by atoms with van der Waals surface area (Å²) in [7, 11) is 0. The van der Waals surface area contributed by atoms with Gasteiger partial charge in [-0.1, -0.05) is 0 Å². The Hall–Kier alpha value is -1.59. The van der Waals surface area contributed by atoms with E-state index in [1.807, 2.05) is 0 Å². The van der Waals surface area contributed by atoms with Gasteiger partial charge in [0.25, 0.3) is 0 Å². The summed E-state index contributed by atoms with van der Waals surface area (Å²) in [5.41, 5.74) is -0.637. The van der Waals surface area contributed by atoms with E-state index in [9.17, 15) is 14.4 Å². The molecule has 3 atom stereocenters. The van der Waals surface area contributed by atoms with Gasteiger partial charge in [0.1, 0.15) is 17.4 Å². The number of rotatable bonds is 2. The number of esters is 1. The highest BCUT2D eigenvalue weighted by Crippen LogP contribution is 2.41. The van der Waals surface area contributed by atoms with E-state index in [-0.39, 0.29) is 18.4 Å². The SMILES string of the molecule is CCOC(=O)C1C2CC(CC2=O)N1C(=O)OC(C)(C)C. The van der Waals surface area contributed by atoms with E-state index < -0.39 is 29.6 Å². The van der Waals surface area contributed by atoms with Gasteiger partial charge in [-0.2, -0.15) is 0 Å². The fourth-order valence-corrected chi connectivity index (χ4v) is 2.91. The second kappa shape index (κ2) is 5.07. The number of ketones is 1. The summed E-state index contributed by atoms with van der Waals surface area (Å²) in [6.45, 7) is 7.23. The Balaban J connectivity index is 2.19. The molecule has 2 fully saturated rings. The predicted octanol–water partition coefficient (Wildman–Crippen LogP) is 1.52. The molecule has 0 spiro atoms. The third kappa shape index (κ3) is 2.64. The molecule has 3 unspecified atom stereocenters. The maximum absolute atomic E-state index is 12.3. The first-order valence-corrected chi connectivity index (χ1v) is 6.95. The van der Waals surface area contributed by atoms with Crippen molar-refractivity contribution in [2.75, 3.05) is 6.61 Å². The minimum absolute atomic E-state index is 0.0351. The molecule has 6 heteroatoms. The molecule has 1 saturated heterocycles. The molecule has 2 bridgehead atoms. The van der Waals surface area contributed by atoms with Crippen LogP contribution in [0.5, 0.6) is 0 Å². The number of piperidine rings is 1. The predicted molar refractivity (Wildman–Crippen MR) is 70.0 cm³/mol. The van der Waals surface area contributed by atoms with Crippen LogP contribution >= 0.6 is 0 Å². The molecule has 0 aromatic heterocycles. The molecule has 1 amide bonds. The normalized spacial score (nSPS) is 28.7. The van der Waals surface area contributed by atoms with Gasteiger partial charge >= 0.3 is 12.1 Å². The van der Waals surface area contributed by atoms with Crippen LogP contribution in [0.2, 0.25) is 0 Å². The zero-order valence-corrected chi connectivity index (χ0v) is 12.3. The number of likely N-dealkylation sites (tertiary alicyclic amines) is 1. The van der Waals surface area contributed by atoms with Crippen LogP contribution in [0.4, 0.5) is 4.79 Å². The molecule has 1 aliphatic carbocycles. The van der Waals surface area contributed by atoms with Crippen molar-refractivity contribution in [2.24, 2.45) is 5.92 Å². The van der Waals surface area contributed by atoms with Crippen molar-refractivity contribution in [2.45, 2.75) is 58.2 Å². The van der Waals surface area contributed by atoms with Gasteiger partial charge in [-0.15, -0.1) is 0 Å². The molecule has 1 aliphatic heterocycles. The molecule has 6 nitrogen and oxygen atoms in total. The van der Waals surface area contributed by atoms with E-state index >= 15 is 0 Å². The maximum atomic E-state index is 12.3. The lowest BCUT2D eigenvalue weighted by Crippen LogP contribution is -2.53. The average molecular weight is 283 g/mol. The van der Waals surface area contributed by atoms with Crippen LogP contribution in [0.25, 0.3) is 0 Å². The van der Waals surface area contributed by atoms with Gasteiger partial charge in [-0.25, -0.2) is 9.59 Å². The first-order chi connectivity index (χ1) is 9.24. The summed E-state index contributed by atoms with van der Waals surface area (Å²) in [6.07, 6.45) is 0.289. The van der Waals surface area contributed by atoms with Crippen LogP contribution in [0.1, 0.15) is 40.5 Å². The first-order valence-electron chi connectivity index (χ1n) is 6.95. The molecule has 0 aromatic carbocycles. The molecule has 0 radical (unpaired) electrons. The highest BCUT2D eigenvalue weighted by atomic mass is 16.6. The Labute approximate surface area is 118 Å². The average Bonchev–Trinajstić information content (AvgIpc) is 2.82. The van der Waals surface area contributed by atoms with Crippen molar-refractivity contribution in [3.63, 3.8) is 0 Å². The van der Waals surface area contributed by atoms with Gasteiger partial charge in [-0.3, -0.25) is 9.69 Å². The molecule has 2 aliphatic rings. The molecule has 0 aromatic rings. The monoisotopic (exact) mass is 283 g/mol. The van der Waals surface area contributed by atoms with Gasteiger partial charge in [0, 0.05) is 12.5 Å². The summed E-state index contributed by atoms with van der Waals surface area (Å²) in [5.74, 6) is -0.918. The lowest BCUT2D eigenvalue weighted by atomic mass is 9.98. The van der Waals surface area contributed by atoms with E-state index in [1.54, 1.807) is 27.7 Å². The summed E-state index contributed by atoms with van der Waals surface area (Å²) in [5, 5.41) is 0. The molecule has 112 valence electrons. The largest absolute Gasteiger partial charge is 0.464 e. The Bertz CT molecular complexity index is 439. The smallest absolute Gasteiger partial charge is 0.411 e. The van der Waals surface area contributed by atoms with Crippen molar-refractivity contribution in [3.8, 4) is 0 Å². The number of amides is 1. The zero-order valence-electron chi connectivity index (χ0n) is 12.3. The highest BCUT2D eigenvalue weighted by Gasteiger charge is 2.57. The van der Waals surface area contributed by atoms with Crippen molar-refractivity contribution in [1.29, 1.82) is 0 Å². The van der Waals surface area contributed by atoms with Gasteiger partial charge in [-0.05, 0) is 34.1 Å². The van der Waals surface area contributed by atoms with Crippen LogP contribution in [0.3, 0.4) is 0 Å².